The average molecular weight is 423 g/mol. The summed E-state index contributed by atoms with van der Waals surface area (Å²) in [6.07, 6.45) is 3.44. The number of benzene rings is 1. The molecule has 2 aromatic rings. The number of likely N-dealkylation sites (tertiary alicyclic amines) is 1. The second-order valence-electron chi connectivity index (χ2n) is 7.64. The van der Waals surface area contributed by atoms with Crippen molar-refractivity contribution in [1.29, 1.82) is 0 Å². The van der Waals surface area contributed by atoms with E-state index >= 15 is 0 Å². The molecule has 4 rings (SSSR count). The Morgan fingerprint density at radius 1 is 1.25 bits per heavy atom. The number of nitrogens with one attached hydrogen (secondary N) is 1. The molecule has 150 valence electrons. The van der Waals surface area contributed by atoms with Crippen molar-refractivity contribution in [3.05, 3.63) is 46.4 Å². The van der Waals surface area contributed by atoms with Crippen LogP contribution >= 0.6 is 11.3 Å². The molecule has 1 N–H and O–H groups in total. The maximum atomic E-state index is 14.2. The van der Waals surface area contributed by atoms with Crippen LogP contribution in [0.4, 0.5) is 4.39 Å². The number of nitrogens with zero attached hydrogens (tertiary/aromatic N) is 1. The summed E-state index contributed by atoms with van der Waals surface area (Å²) in [4.78, 5) is 15.8. The Morgan fingerprint density at radius 2 is 2.04 bits per heavy atom. The summed E-state index contributed by atoms with van der Waals surface area (Å²) in [5.41, 5.74) is 1.45. The van der Waals surface area contributed by atoms with Crippen LogP contribution in [0.3, 0.4) is 0 Å². The standard InChI is InChI=1S/C20H23FN2O3S2/c1-28(25,26)22-13-5-4-9-23(12-13)20(24)17-11-16(17)19-15(8-10-27-19)14-6-2-3-7-18(14)21/h2-3,6-8,10,13,16-17,22H,4-5,9,11-12H2,1H3/t13-,16+,17+/m0/s1. The van der Waals surface area contributed by atoms with E-state index in [-0.39, 0.29) is 29.6 Å². The molecule has 0 radical (unpaired) electrons. The van der Waals surface area contributed by atoms with Crippen LogP contribution in [-0.2, 0) is 14.8 Å². The van der Waals surface area contributed by atoms with Crippen LogP contribution in [0.2, 0.25) is 0 Å². The lowest BCUT2D eigenvalue weighted by Gasteiger charge is -2.33. The highest BCUT2D eigenvalue weighted by molar-refractivity contribution is 7.88. The molecule has 2 fully saturated rings. The lowest BCUT2D eigenvalue weighted by atomic mass is 10.0. The lowest BCUT2D eigenvalue weighted by Crippen LogP contribution is -2.49. The number of amides is 1. The van der Waals surface area contributed by atoms with Crippen molar-refractivity contribution in [1.82, 2.24) is 9.62 Å². The molecule has 2 aliphatic rings. The molecule has 5 nitrogen and oxygen atoms in total. The number of halogens is 1. The Bertz CT molecular complexity index is 989. The maximum absolute atomic E-state index is 14.2. The number of piperidine rings is 1. The van der Waals surface area contributed by atoms with Gasteiger partial charge in [0.15, 0.2) is 0 Å². The van der Waals surface area contributed by atoms with Crippen LogP contribution < -0.4 is 4.72 Å². The fourth-order valence-electron chi connectivity index (χ4n) is 4.08. The second kappa shape index (κ2) is 7.57. The number of rotatable bonds is 5. The van der Waals surface area contributed by atoms with Crippen LogP contribution in [-0.4, -0.2) is 44.6 Å². The van der Waals surface area contributed by atoms with Gasteiger partial charge in [0.1, 0.15) is 5.82 Å². The first-order valence-electron chi connectivity index (χ1n) is 9.42. The minimum absolute atomic E-state index is 0.0814. The van der Waals surface area contributed by atoms with Gasteiger partial charge in [-0.15, -0.1) is 11.3 Å². The quantitative estimate of drug-likeness (QED) is 0.805. The summed E-state index contributed by atoms with van der Waals surface area (Å²) in [7, 11) is -3.29. The molecule has 1 aliphatic carbocycles. The zero-order valence-electron chi connectivity index (χ0n) is 15.6. The summed E-state index contributed by atoms with van der Waals surface area (Å²) in [5, 5.41) is 1.95. The third-order valence-corrected chi connectivity index (χ3v) is 7.23. The predicted octanol–water partition coefficient (Wildman–Crippen LogP) is 3.20. The van der Waals surface area contributed by atoms with Crippen molar-refractivity contribution < 1.29 is 17.6 Å². The van der Waals surface area contributed by atoms with Gasteiger partial charge >= 0.3 is 0 Å². The van der Waals surface area contributed by atoms with Gasteiger partial charge in [-0.25, -0.2) is 17.5 Å². The van der Waals surface area contributed by atoms with E-state index in [0.29, 0.717) is 18.7 Å². The summed E-state index contributed by atoms with van der Waals surface area (Å²) in [5.74, 6) is -0.152. The van der Waals surface area contributed by atoms with Crippen LogP contribution in [0.25, 0.3) is 11.1 Å². The summed E-state index contributed by atoms with van der Waals surface area (Å²) in [6.45, 7) is 1.08. The zero-order chi connectivity index (χ0) is 19.9. The first kappa shape index (κ1) is 19.5. The molecule has 1 aliphatic heterocycles. The Labute approximate surface area is 168 Å². The van der Waals surface area contributed by atoms with E-state index in [2.05, 4.69) is 4.72 Å². The first-order chi connectivity index (χ1) is 13.3. The van der Waals surface area contributed by atoms with Gasteiger partial charge in [-0.2, -0.15) is 0 Å². The van der Waals surface area contributed by atoms with Gasteiger partial charge in [0.05, 0.1) is 6.26 Å². The van der Waals surface area contributed by atoms with Gasteiger partial charge in [-0.1, -0.05) is 18.2 Å². The molecule has 3 atom stereocenters. The van der Waals surface area contributed by atoms with E-state index in [1.165, 1.54) is 6.07 Å². The fourth-order valence-corrected chi connectivity index (χ4v) is 5.97. The SMILES string of the molecule is CS(=O)(=O)N[C@H]1CCCN(C(=O)[C@@H]2C[C@H]2c2sccc2-c2ccccc2F)C1. The molecular formula is C20H23FN2O3S2. The fraction of sp³-hybridized carbons (Fsp3) is 0.450. The Hall–Kier alpha value is -1.77. The summed E-state index contributed by atoms with van der Waals surface area (Å²) >= 11 is 1.57. The topological polar surface area (TPSA) is 66.5 Å². The Balaban J connectivity index is 1.46. The zero-order valence-corrected chi connectivity index (χ0v) is 17.2. The summed E-state index contributed by atoms with van der Waals surface area (Å²) < 4.78 is 39.8. The van der Waals surface area contributed by atoms with Crippen molar-refractivity contribution in [3.63, 3.8) is 0 Å². The van der Waals surface area contributed by atoms with Gasteiger partial charge in [-0.3, -0.25) is 4.79 Å². The van der Waals surface area contributed by atoms with Gasteiger partial charge in [0.25, 0.3) is 0 Å². The number of sulfonamides is 1. The molecule has 1 aromatic heterocycles. The van der Waals surface area contributed by atoms with E-state index in [9.17, 15) is 17.6 Å². The molecule has 1 saturated carbocycles. The van der Waals surface area contributed by atoms with Crippen LogP contribution in [0.15, 0.2) is 35.7 Å². The Kier molecular flexibility index (Phi) is 5.28. The third kappa shape index (κ3) is 4.14. The molecule has 0 unspecified atom stereocenters. The third-order valence-electron chi connectivity index (χ3n) is 5.42. The van der Waals surface area contributed by atoms with Gasteiger partial charge in [0, 0.05) is 41.4 Å². The van der Waals surface area contributed by atoms with Gasteiger partial charge in [0.2, 0.25) is 15.9 Å². The number of thiophene rings is 1. The molecule has 0 bridgehead atoms. The highest BCUT2D eigenvalue weighted by Gasteiger charge is 2.48. The van der Waals surface area contributed by atoms with E-state index in [1.54, 1.807) is 28.4 Å². The molecule has 28 heavy (non-hydrogen) atoms. The van der Waals surface area contributed by atoms with Crippen molar-refractivity contribution >= 4 is 27.3 Å². The smallest absolute Gasteiger partial charge is 0.226 e. The normalized spacial score (nSPS) is 24.9. The highest BCUT2D eigenvalue weighted by Crippen LogP contribution is 2.53. The van der Waals surface area contributed by atoms with Crippen LogP contribution in [0, 0.1) is 11.7 Å². The lowest BCUT2D eigenvalue weighted by molar-refractivity contribution is -0.133. The molecule has 0 spiro atoms. The van der Waals surface area contributed by atoms with Gasteiger partial charge < -0.3 is 4.90 Å². The van der Waals surface area contributed by atoms with E-state index < -0.39 is 10.0 Å². The molecular weight excluding hydrogens is 399 g/mol. The van der Waals surface area contributed by atoms with Crippen LogP contribution in [0.1, 0.15) is 30.1 Å². The van der Waals surface area contributed by atoms with Crippen molar-refractivity contribution in [2.75, 3.05) is 19.3 Å². The van der Waals surface area contributed by atoms with Gasteiger partial charge in [-0.05, 0) is 42.3 Å². The Morgan fingerprint density at radius 3 is 2.79 bits per heavy atom. The monoisotopic (exact) mass is 422 g/mol. The minimum atomic E-state index is -3.29. The van der Waals surface area contributed by atoms with Crippen LogP contribution in [0.5, 0.6) is 0 Å². The molecule has 2 heterocycles. The van der Waals surface area contributed by atoms with Crippen molar-refractivity contribution in [2.24, 2.45) is 5.92 Å². The maximum Gasteiger partial charge on any atom is 0.226 e. The number of hydrogen-bond acceptors (Lipinski definition) is 4. The first-order valence-corrected chi connectivity index (χ1v) is 12.2. The van der Waals surface area contributed by atoms with E-state index in [0.717, 1.165) is 36.0 Å². The molecule has 1 amide bonds. The highest BCUT2D eigenvalue weighted by atomic mass is 32.2. The number of carbonyl (C=O) groups excluding carboxylic acids is 1. The molecule has 1 saturated heterocycles. The largest absolute Gasteiger partial charge is 0.341 e. The van der Waals surface area contributed by atoms with E-state index in [1.807, 2.05) is 17.5 Å². The summed E-state index contributed by atoms with van der Waals surface area (Å²) in [6, 6.07) is 8.41. The second-order valence-corrected chi connectivity index (χ2v) is 10.4. The minimum Gasteiger partial charge on any atom is -0.341 e. The predicted molar refractivity (Wildman–Crippen MR) is 108 cm³/mol. The van der Waals surface area contributed by atoms with E-state index in [4.69, 9.17) is 0 Å². The average Bonchev–Trinajstić information content (AvgIpc) is 3.29. The molecule has 8 heteroatoms. The van der Waals surface area contributed by atoms with Crippen molar-refractivity contribution in [2.45, 2.75) is 31.2 Å². The number of carbonyl (C=O) groups is 1. The van der Waals surface area contributed by atoms with Crippen molar-refractivity contribution in [3.8, 4) is 11.1 Å². The number of hydrogen-bond donors (Lipinski definition) is 1. The molecule has 1 aromatic carbocycles.